The minimum absolute atomic E-state index is 0.313. The third-order valence-electron chi connectivity index (χ3n) is 2.89. The lowest BCUT2D eigenvalue weighted by Gasteiger charge is -2.13. The molecule has 0 radical (unpaired) electrons. The Balaban J connectivity index is 2.13. The van der Waals surface area contributed by atoms with Crippen LogP contribution in [0.5, 0.6) is 5.75 Å². The molecule has 0 amide bonds. The van der Waals surface area contributed by atoms with Crippen molar-refractivity contribution in [3.8, 4) is 16.9 Å². The van der Waals surface area contributed by atoms with Crippen LogP contribution in [0.3, 0.4) is 0 Å². The molecular weight excluding hydrogens is 296 g/mol. The number of benzene rings is 1. The Hall–Kier alpha value is -1.49. The molecule has 1 heterocycles. The summed E-state index contributed by atoms with van der Waals surface area (Å²) in [6, 6.07) is 4.07. The van der Waals surface area contributed by atoms with E-state index in [9.17, 15) is 0 Å². The third kappa shape index (κ3) is 2.10. The summed E-state index contributed by atoms with van der Waals surface area (Å²) >= 11 is 3.55. The third-order valence-corrected chi connectivity index (χ3v) is 3.47. The van der Waals surface area contributed by atoms with Gasteiger partial charge < -0.3 is 15.0 Å². The fourth-order valence-electron chi connectivity index (χ4n) is 1.85. The van der Waals surface area contributed by atoms with E-state index >= 15 is 0 Å². The largest absolute Gasteiger partial charge is 0.489 e. The lowest BCUT2D eigenvalue weighted by Crippen LogP contribution is -2.00. The molecule has 0 aliphatic heterocycles. The van der Waals surface area contributed by atoms with Gasteiger partial charge >= 0.3 is 0 Å². The van der Waals surface area contributed by atoms with Gasteiger partial charge in [0.15, 0.2) is 0 Å². The molecule has 1 saturated carbocycles. The highest BCUT2D eigenvalue weighted by Gasteiger charge is 2.27. The van der Waals surface area contributed by atoms with Gasteiger partial charge in [0.05, 0.1) is 22.3 Å². The van der Waals surface area contributed by atoms with Crippen LogP contribution in [-0.4, -0.2) is 11.3 Å². The van der Waals surface area contributed by atoms with E-state index in [1.54, 1.807) is 6.20 Å². The average molecular weight is 309 g/mol. The number of aromatic nitrogens is 1. The van der Waals surface area contributed by atoms with Gasteiger partial charge in [-0.1, -0.05) is 5.16 Å². The van der Waals surface area contributed by atoms with E-state index in [-0.39, 0.29) is 0 Å². The van der Waals surface area contributed by atoms with Gasteiger partial charge in [0.25, 0.3) is 0 Å². The molecule has 1 aromatic heterocycles. The van der Waals surface area contributed by atoms with Crippen LogP contribution in [0.1, 0.15) is 18.4 Å². The van der Waals surface area contributed by atoms with Gasteiger partial charge in [-0.05, 0) is 53.4 Å². The summed E-state index contributed by atoms with van der Waals surface area (Å²) in [4.78, 5) is 0. The van der Waals surface area contributed by atoms with Gasteiger partial charge in [0, 0.05) is 5.56 Å². The van der Waals surface area contributed by atoms with Crippen molar-refractivity contribution in [1.82, 2.24) is 5.16 Å². The Morgan fingerprint density at radius 1 is 1.39 bits per heavy atom. The summed E-state index contributed by atoms with van der Waals surface area (Å²) in [7, 11) is 0. The maximum Gasteiger partial charge on any atom is 0.230 e. The van der Waals surface area contributed by atoms with Crippen molar-refractivity contribution in [1.29, 1.82) is 0 Å². The summed E-state index contributed by atoms with van der Waals surface area (Å²) in [5, 5.41) is 3.72. The first-order valence-corrected chi connectivity index (χ1v) is 6.62. The minimum atomic E-state index is 0.313. The molecule has 0 bridgehead atoms. The Morgan fingerprint density at radius 3 is 2.78 bits per heavy atom. The maximum atomic E-state index is 5.95. The summed E-state index contributed by atoms with van der Waals surface area (Å²) in [5.41, 5.74) is 8.61. The molecule has 94 valence electrons. The van der Waals surface area contributed by atoms with Gasteiger partial charge in [0.1, 0.15) is 5.75 Å². The van der Waals surface area contributed by atoms with Crippen molar-refractivity contribution in [2.45, 2.75) is 25.9 Å². The highest BCUT2D eigenvalue weighted by molar-refractivity contribution is 9.10. The number of nitrogen functional groups attached to an aromatic ring is 1. The molecule has 0 atom stereocenters. The van der Waals surface area contributed by atoms with Crippen molar-refractivity contribution in [2.75, 3.05) is 5.73 Å². The average Bonchev–Trinajstić information content (AvgIpc) is 3.03. The number of anilines is 1. The SMILES string of the molecule is Cc1cc(Br)c(OC2CC2)c(-c2cnoc2N)c1. The number of halogens is 1. The quantitative estimate of drug-likeness (QED) is 0.942. The smallest absolute Gasteiger partial charge is 0.230 e. The van der Waals surface area contributed by atoms with E-state index in [1.165, 1.54) is 0 Å². The molecule has 0 unspecified atom stereocenters. The number of hydrogen-bond donors (Lipinski definition) is 1. The summed E-state index contributed by atoms with van der Waals surface area (Å²) in [5.74, 6) is 1.13. The molecule has 1 aliphatic rings. The van der Waals surface area contributed by atoms with Gasteiger partial charge in [0.2, 0.25) is 5.88 Å². The van der Waals surface area contributed by atoms with Crippen LogP contribution in [0.25, 0.3) is 11.1 Å². The van der Waals surface area contributed by atoms with Crippen molar-refractivity contribution >= 4 is 21.8 Å². The molecule has 18 heavy (non-hydrogen) atoms. The van der Waals surface area contributed by atoms with Crippen LogP contribution in [0.4, 0.5) is 5.88 Å². The first kappa shape index (κ1) is 11.6. The van der Waals surface area contributed by atoms with E-state index in [0.29, 0.717) is 12.0 Å². The van der Waals surface area contributed by atoms with E-state index < -0.39 is 0 Å². The summed E-state index contributed by atoms with van der Waals surface area (Å²) in [6.45, 7) is 2.03. The molecule has 1 fully saturated rings. The second kappa shape index (κ2) is 4.31. The van der Waals surface area contributed by atoms with E-state index in [2.05, 4.69) is 21.1 Å². The standard InChI is InChI=1S/C13H13BrN2O2/c1-7-4-9(10-6-16-18-13(10)15)12(11(14)5-7)17-8-2-3-8/h4-6,8H,2-3,15H2,1H3. The predicted molar refractivity (Wildman–Crippen MR) is 72.4 cm³/mol. The van der Waals surface area contributed by atoms with E-state index in [0.717, 1.165) is 39.8 Å². The normalized spacial score (nSPS) is 14.8. The molecule has 4 nitrogen and oxygen atoms in total. The molecule has 3 rings (SSSR count). The highest BCUT2D eigenvalue weighted by Crippen LogP contribution is 2.42. The maximum absolute atomic E-state index is 5.95. The van der Waals surface area contributed by atoms with E-state index in [4.69, 9.17) is 15.0 Å². The molecule has 0 saturated heterocycles. The number of hydrogen-bond acceptors (Lipinski definition) is 4. The van der Waals surface area contributed by atoms with Crippen LogP contribution in [-0.2, 0) is 0 Å². The molecule has 0 spiro atoms. The topological polar surface area (TPSA) is 61.3 Å². The fraction of sp³-hybridized carbons (Fsp3) is 0.308. The second-order valence-corrected chi connectivity index (χ2v) is 5.40. The van der Waals surface area contributed by atoms with Crippen LogP contribution in [0.2, 0.25) is 0 Å². The first-order valence-electron chi connectivity index (χ1n) is 5.82. The number of rotatable bonds is 3. The van der Waals surface area contributed by atoms with Crippen molar-refractivity contribution in [3.63, 3.8) is 0 Å². The molecule has 1 aliphatic carbocycles. The van der Waals surface area contributed by atoms with Gasteiger partial charge in [-0.3, -0.25) is 0 Å². The number of nitrogens with two attached hydrogens (primary N) is 1. The van der Waals surface area contributed by atoms with Crippen molar-refractivity contribution < 1.29 is 9.26 Å². The minimum Gasteiger partial charge on any atom is -0.489 e. The molecule has 2 N–H and O–H groups in total. The zero-order valence-corrected chi connectivity index (χ0v) is 11.5. The van der Waals surface area contributed by atoms with Gasteiger partial charge in [-0.2, -0.15) is 0 Å². The highest BCUT2D eigenvalue weighted by atomic mass is 79.9. The second-order valence-electron chi connectivity index (χ2n) is 4.54. The molecule has 2 aromatic rings. The number of aryl methyl sites for hydroxylation is 1. The van der Waals surface area contributed by atoms with Crippen LogP contribution >= 0.6 is 15.9 Å². The Labute approximate surface area is 113 Å². The van der Waals surface area contributed by atoms with Crippen LogP contribution in [0, 0.1) is 6.92 Å². The number of nitrogens with zero attached hydrogens (tertiary/aromatic N) is 1. The monoisotopic (exact) mass is 308 g/mol. The molecule has 5 heteroatoms. The van der Waals surface area contributed by atoms with Crippen molar-refractivity contribution in [2.24, 2.45) is 0 Å². The van der Waals surface area contributed by atoms with Crippen LogP contribution < -0.4 is 10.5 Å². The Morgan fingerprint density at radius 2 is 2.17 bits per heavy atom. The number of ether oxygens (including phenoxy) is 1. The van der Waals surface area contributed by atoms with E-state index in [1.807, 2.05) is 19.1 Å². The Bertz CT molecular complexity index is 591. The molecular formula is C13H13BrN2O2. The van der Waals surface area contributed by atoms with Crippen molar-refractivity contribution in [3.05, 3.63) is 28.4 Å². The lowest BCUT2D eigenvalue weighted by atomic mass is 10.0. The Kier molecular flexibility index (Phi) is 2.78. The van der Waals surface area contributed by atoms with Gasteiger partial charge in [-0.15, -0.1) is 0 Å². The molecule has 1 aromatic carbocycles. The van der Waals surface area contributed by atoms with Gasteiger partial charge in [-0.25, -0.2) is 0 Å². The fourth-order valence-corrected chi connectivity index (χ4v) is 2.52. The first-order chi connectivity index (χ1) is 8.65. The zero-order chi connectivity index (χ0) is 12.7. The summed E-state index contributed by atoms with van der Waals surface area (Å²) in [6.07, 6.45) is 4.16. The predicted octanol–water partition coefficient (Wildman–Crippen LogP) is 3.54. The zero-order valence-electron chi connectivity index (χ0n) is 9.94. The summed E-state index contributed by atoms with van der Waals surface area (Å²) < 4.78 is 11.8. The van der Waals surface area contributed by atoms with Crippen LogP contribution in [0.15, 0.2) is 27.3 Å². The lowest BCUT2D eigenvalue weighted by molar-refractivity contribution is 0.302.